The summed E-state index contributed by atoms with van der Waals surface area (Å²) in [6.07, 6.45) is 2.45. The van der Waals surface area contributed by atoms with Crippen LogP contribution in [0, 0.1) is 20.8 Å². The lowest BCUT2D eigenvalue weighted by molar-refractivity contribution is -0.147. The molecule has 25 heavy (non-hydrogen) atoms. The summed E-state index contributed by atoms with van der Waals surface area (Å²) in [6, 6.07) is 0. The van der Waals surface area contributed by atoms with Gasteiger partial charge in [-0.15, -0.1) is 0 Å². The molecule has 7 heteroatoms. The van der Waals surface area contributed by atoms with Crippen molar-refractivity contribution < 1.29 is 19.2 Å². The summed E-state index contributed by atoms with van der Waals surface area (Å²) in [5.41, 5.74) is 2.50. The number of ether oxygens (including phenoxy) is 1. The van der Waals surface area contributed by atoms with Crippen molar-refractivity contribution in [2.24, 2.45) is 0 Å². The van der Waals surface area contributed by atoms with Crippen LogP contribution in [0.2, 0.25) is 0 Å². The maximum Gasteiger partial charge on any atom is 0.266 e. The van der Waals surface area contributed by atoms with Crippen molar-refractivity contribution in [2.45, 2.75) is 52.7 Å². The number of hydrogen-bond acceptors (Lipinski definition) is 6. The molecule has 0 aliphatic carbocycles. The topological polar surface area (TPSA) is 88.7 Å². The van der Waals surface area contributed by atoms with Crippen LogP contribution in [0.3, 0.4) is 0 Å². The summed E-state index contributed by atoms with van der Waals surface area (Å²) in [5.74, 6) is 1.33. The normalized spacial score (nSPS) is 19.2. The van der Waals surface area contributed by atoms with E-state index in [0.717, 1.165) is 22.3 Å². The minimum atomic E-state index is -0.966. The van der Waals surface area contributed by atoms with Crippen LogP contribution in [0.4, 0.5) is 0 Å². The second kappa shape index (κ2) is 6.06. The van der Waals surface area contributed by atoms with Gasteiger partial charge in [0.05, 0.1) is 6.54 Å². The number of likely N-dealkylation sites (N-methyl/N-ethyl adjacent to an activating group) is 1. The van der Waals surface area contributed by atoms with Gasteiger partial charge in [-0.1, -0.05) is 5.16 Å². The number of hydrogen-bond donors (Lipinski definition) is 1. The highest BCUT2D eigenvalue weighted by molar-refractivity contribution is 5.85. The molecule has 0 bridgehead atoms. The Balaban J connectivity index is 1.89. The largest absolute Gasteiger partial charge is 0.507 e. The van der Waals surface area contributed by atoms with E-state index in [9.17, 15) is 9.90 Å². The van der Waals surface area contributed by atoms with Crippen LogP contribution in [0.15, 0.2) is 10.9 Å². The molecule has 0 unspecified atom stereocenters. The Morgan fingerprint density at radius 2 is 2.04 bits per heavy atom. The molecule has 2 heterocycles. The molecule has 0 spiro atoms. The number of aromatic hydroxyl groups is 1. The molecule has 1 aliphatic heterocycles. The Labute approximate surface area is 146 Å². The zero-order chi connectivity index (χ0) is 18.4. The van der Waals surface area contributed by atoms with E-state index in [1.807, 2.05) is 27.7 Å². The van der Waals surface area contributed by atoms with Gasteiger partial charge in [0.25, 0.3) is 5.91 Å². The Hall–Kier alpha value is -2.57. The van der Waals surface area contributed by atoms with E-state index in [-0.39, 0.29) is 12.5 Å². The molecule has 0 saturated heterocycles. The Morgan fingerprint density at radius 1 is 1.32 bits per heavy atom. The van der Waals surface area contributed by atoms with E-state index < -0.39 is 5.60 Å². The first-order valence-corrected chi connectivity index (χ1v) is 8.26. The number of phenols is 1. The molecule has 1 atom stereocenters. The smallest absolute Gasteiger partial charge is 0.266 e. The first-order chi connectivity index (χ1) is 11.7. The fraction of sp³-hybridized carbons (Fsp3) is 0.500. The standard InChI is InChI=1S/C18H23N3O4/c1-10-11(2)16-13(12(3)15(10)22)6-7-18(4,25-16)17(23)21(5)8-14-19-9-24-20-14/h9,22H,6-8H2,1-5H3/t18-/m1/s1. The molecular weight excluding hydrogens is 322 g/mol. The summed E-state index contributed by atoms with van der Waals surface area (Å²) in [6.45, 7) is 7.72. The Morgan fingerprint density at radius 3 is 2.68 bits per heavy atom. The van der Waals surface area contributed by atoms with Crippen LogP contribution in [0.5, 0.6) is 11.5 Å². The van der Waals surface area contributed by atoms with Crippen molar-refractivity contribution in [1.82, 2.24) is 15.0 Å². The van der Waals surface area contributed by atoms with E-state index in [1.54, 1.807) is 11.9 Å². The summed E-state index contributed by atoms with van der Waals surface area (Å²) in [7, 11) is 1.70. The quantitative estimate of drug-likeness (QED) is 0.919. The molecule has 1 N–H and O–H groups in total. The molecular formula is C18H23N3O4. The second-order valence-corrected chi connectivity index (χ2v) is 6.87. The number of amides is 1. The number of benzene rings is 1. The highest BCUT2D eigenvalue weighted by atomic mass is 16.5. The van der Waals surface area contributed by atoms with E-state index >= 15 is 0 Å². The zero-order valence-corrected chi connectivity index (χ0v) is 15.2. The molecule has 1 amide bonds. The fourth-order valence-corrected chi connectivity index (χ4v) is 3.35. The number of rotatable bonds is 3. The maximum atomic E-state index is 13.0. The van der Waals surface area contributed by atoms with E-state index in [4.69, 9.17) is 9.26 Å². The summed E-state index contributed by atoms with van der Waals surface area (Å²) < 4.78 is 10.9. The van der Waals surface area contributed by atoms with Gasteiger partial charge in [-0.05, 0) is 50.8 Å². The van der Waals surface area contributed by atoms with Crippen molar-refractivity contribution in [1.29, 1.82) is 0 Å². The van der Waals surface area contributed by atoms with Crippen molar-refractivity contribution in [3.05, 3.63) is 34.5 Å². The number of nitrogens with zero attached hydrogens (tertiary/aromatic N) is 3. The number of phenolic OH excluding ortho intramolecular Hbond substituents is 1. The minimum Gasteiger partial charge on any atom is -0.507 e. The average molecular weight is 345 g/mol. The van der Waals surface area contributed by atoms with Gasteiger partial charge in [0.15, 0.2) is 11.4 Å². The van der Waals surface area contributed by atoms with Crippen molar-refractivity contribution in [3.8, 4) is 11.5 Å². The highest BCUT2D eigenvalue weighted by Crippen LogP contribution is 2.43. The van der Waals surface area contributed by atoms with E-state index in [1.165, 1.54) is 6.39 Å². The fourth-order valence-electron chi connectivity index (χ4n) is 3.35. The second-order valence-electron chi connectivity index (χ2n) is 6.87. The third-order valence-corrected chi connectivity index (χ3v) is 5.10. The predicted molar refractivity (Wildman–Crippen MR) is 90.4 cm³/mol. The predicted octanol–water partition coefficient (Wildman–Crippen LogP) is 2.44. The molecule has 0 radical (unpaired) electrons. The number of fused-ring (bicyclic) bond motifs is 1. The van der Waals surface area contributed by atoms with Crippen LogP contribution in [0.25, 0.3) is 0 Å². The number of carbonyl (C=O) groups is 1. The van der Waals surface area contributed by atoms with Crippen LogP contribution in [0.1, 0.15) is 41.4 Å². The van der Waals surface area contributed by atoms with Gasteiger partial charge < -0.3 is 19.3 Å². The highest BCUT2D eigenvalue weighted by Gasteiger charge is 2.42. The molecule has 7 nitrogen and oxygen atoms in total. The third-order valence-electron chi connectivity index (χ3n) is 5.10. The van der Waals surface area contributed by atoms with Gasteiger partial charge in [-0.2, -0.15) is 4.98 Å². The summed E-state index contributed by atoms with van der Waals surface area (Å²) in [5, 5.41) is 14.0. The first kappa shape index (κ1) is 17.3. The summed E-state index contributed by atoms with van der Waals surface area (Å²) in [4.78, 5) is 18.5. The molecule has 1 aromatic heterocycles. The first-order valence-electron chi connectivity index (χ1n) is 8.26. The number of carbonyl (C=O) groups excluding carboxylic acids is 1. The van der Waals surface area contributed by atoms with E-state index in [2.05, 4.69) is 10.1 Å². The summed E-state index contributed by atoms with van der Waals surface area (Å²) >= 11 is 0. The Bertz CT molecular complexity index is 816. The molecule has 0 fully saturated rings. The maximum absolute atomic E-state index is 13.0. The third kappa shape index (κ3) is 2.83. The van der Waals surface area contributed by atoms with Crippen LogP contribution < -0.4 is 4.74 Å². The molecule has 134 valence electrons. The molecule has 1 aliphatic rings. The van der Waals surface area contributed by atoms with E-state index in [0.29, 0.717) is 30.2 Å². The van der Waals surface area contributed by atoms with Crippen LogP contribution in [-0.2, 0) is 17.8 Å². The van der Waals surface area contributed by atoms with Gasteiger partial charge in [0, 0.05) is 19.0 Å². The van der Waals surface area contributed by atoms with Crippen LogP contribution >= 0.6 is 0 Å². The van der Waals surface area contributed by atoms with Gasteiger partial charge in [0.2, 0.25) is 6.39 Å². The van der Waals surface area contributed by atoms with Crippen molar-refractivity contribution in [2.75, 3.05) is 7.05 Å². The average Bonchev–Trinajstić information content (AvgIpc) is 3.10. The minimum absolute atomic E-state index is 0.134. The van der Waals surface area contributed by atoms with Crippen molar-refractivity contribution in [3.63, 3.8) is 0 Å². The lowest BCUT2D eigenvalue weighted by Crippen LogP contribution is -2.51. The Kier molecular flexibility index (Phi) is 4.18. The molecule has 0 saturated carbocycles. The van der Waals surface area contributed by atoms with Gasteiger partial charge in [-0.25, -0.2) is 0 Å². The zero-order valence-electron chi connectivity index (χ0n) is 15.2. The van der Waals surface area contributed by atoms with Gasteiger partial charge in [0.1, 0.15) is 11.5 Å². The molecule has 3 rings (SSSR count). The molecule has 2 aromatic rings. The SMILES string of the molecule is Cc1c(C)c2c(c(C)c1O)CC[C@](C)(C(=O)N(C)Cc1ncon1)O2. The van der Waals surface area contributed by atoms with Crippen molar-refractivity contribution >= 4 is 5.91 Å². The van der Waals surface area contributed by atoms with Crippen LogP contribution in [-0.4, -0.2) is 38.7 Å². The number of aromatic nitrogens is 2. The monoisotopic (exact) mass is 345 g/mol. The lowest BCUT2D eigenvalue weighted by atomic mass is 9.86. The molecule has 1 aromatic carbocycles. The lowest BCUT2D eigenvalue weighted by Gasteiger charge is -2.38. The van der Waals surface area contributed by atoms with Gasteiger partial charge in [-0.3, -0.25) is 4.79 Å². The van der Waals surface area contributed by atoms with Gasteiger partial charge >= 0.3 is 0 Å².